The minimum Gasteiger partial charge on any atom is -0.508 e. The molecule has 2 aromatic rings. The Balaban J connectivity index is 2.46. The third kappa shape index (κ3) is 5.53. The van der Waals surface area contributed by atoms with E-state index in [-0.39, 0.29) is 28.2 Å². The fraction of sp³-hybridized carbons (Fsp3) is 0.417. The summed E-state index contributed by atoms with van der Waals surface area (Å²) in [7, 11) is 0. The van der Waals surface area contributed by atoms with Crippen LogP contribution in [0, 0.1) is 0 Å². The minimum atomic E-state index is -0.554. The van der Waals surface area contributed by atoms with Crippen molar-refractivity contribution < 1.29 is 24.5 Å². The van der Waals surface area contributed by atoms with Gasteiger partial charge >= 0.3 is 5.97 Å². The van der Waals surface area contributed by atoms with E-state index in [0.29, 0.717) is 25.4 Å². The molecule has 2 aromatic carbocycles. The predicted molar refractivity (Wildman–Crippen MR) is 118 cm³/mol. The molecule has 30 heavy (non-hydrogen) atoms. The number of anilines is 1. The summed E-state index contributed by atoms with van der Waals surface area (Å²) < 4.78 is 5.44. The molecule has 0 aromatic heterocycles. The molecule has 0 radical (unpaired) electrons. The molecule has 0 aliphatic heterocycles. The summed E-state index contributed by atoms with van der Waals surface area (Å²) in [6.45, 7) is 7.64. The Morgan fingerprint density at radius 2 is 1.67 bits per heavy atom. The maximum absolute atomic E-state index is 13.4. The number of phenolic OH excluding ortho intramolecular Hbond substituents is 2. The van der Waals surface area contributed by atoms with Crippen LogP contribution in [0.2, 0.25) is 0 Å². The van der Waals surface area contributed by atoms with Crippen LogP contribution in [0.15, 0.2) is 36.4 Å². The molecule has 6 heteroatoms. The van der Waals surface area contributed by atoms with Crippen LogP contribution in [0.5, 0.6) is 11.5 Å². The number of esters is 1. The van der Waals surface area contributed by atoms with Crippen molar-refractivity contribution in [3.63, 3.8) is 0 Å². The molecule has 0 saturated carbocycles. The van der Waals surface area contributed by atoms with Crippen molar-refractivity contribution in [1.82, 2.24) is 0 Å². The zero-order valence-corrected chi connectivity index (χ0v) is 18.0. The molecule has 0 atom stereocenters. The zero-order chi connectivity index (χ0) is 22.1. The number of unbranched alkanes of at least 4 members (excludes halogenated alkanes) is 3. The molecule has 0 unspecified atom stereocenters. The van der Waals surface area contributed by atoms with Crippen LogP contribution in [0.3, 0.4) is 0 Å². The lowest BCUT2D eigenvalue weighted by Gasteiger charge is -2.25. The highest BCUT2D eigenvalue weighted by Gasteiger charge is 2.26. The van der Waals surface area contributed by atoms with Crippen molar-refractivity contribution in [2.24, 2.45) is 0 Å². The van der Waals surface area contributed by atoms with Crippen LogP contribution < -0.4 is 4.90 Å². The van der Waals surface area contributed by atoms with Crippen LogP contribution in [0.4, 0.5) is 5.69 Å². The largest absolute Gasteiger partial charge is 0.508 e. The Morgan fingerprint density at radius 1 is 0.933 bits per heavy atom. The number of aromatic hydroxyl groups is 2. The van der Waals surface area contributed by atoms with E-state index < -0.39 is 11.8 Å². The van der Waals surface area contributed by atoms with Gasteiger partial charge in [-0.1, -0.05) is 32.3 Å². The van der Waals surface area contributed by atoms with Gasteiger partial charge in [-0.25, -0.2) is 4.79 Å². The molecule has 0 bridgehead atoms. The van der Waals surface area contributed by atoms with Crippen LogP contribution >= 0.6 is 0 Å². The van der Waals surface area contributed by atoms with Crippen molar-refractivity contribution in [1.29, 1.82) is 0 Å². The monoisotopic (exact) mass is 413 g/mol. The maximum Gasteiger partial charge on any atom is 0.338 e. The molecular weight excluding hydrogens is 382 g/mol. The van der Waals surface area contributed by atoms with E-state index >= 15 is 0 Å². The van der Waals surface area contributed by atoms with Gasteiger partial charge in [0.05, 0.1) is 23.3 Å². The molecule has 0 aliphatic rings. The van der Waals surface area contributed by atoms with E-state index in [0.717, 1.165) is 31.7 Å². The Bertz CT molecular complexity index is 874. The molecule has 0 amide bonds. The number of ether oxygens (including phenoxy) is 1. The van der Waals surface area contributed by atoms with E-state index in [1.165, 1.54) is 12.1 Å². The van der Waals surface area contributed by atoms with Gasteiger partial charge in [-0.3, -0.25) is 4.79 Å². The number of carbonyl (C=O) groups is 2. The summed E-state index contributed by atoms with van der Waals surface area (Å²) in [5.41, 5.74) is 0.996. The summed E-state index contributed by atoms with van der Waals surface area (Å²) in [6.07, 6.45) is 3.93. The number of benzene rings is 2. The third-order valence-corrected chi connectivity index (χ3v) is 5.05. The predicted octanol–water partition coefficient (Wildman–Crippen LogP) is 4.91. The normalized spacial score (nSPS) is 10.6. The lowest BCUT2D eigenvalue weighted by Crippen LogP contribution is -2.26. The smallest absolute Gasteiger partial charge is 0.338 e. The van der Waals surface area contributed by atoms with E-state index in [9.17, 15) is 19.8 Å². The Morgan fingerprint density at radius 3 is 2.30 bits per heavy atom. The van der Waals surface area contributed by atoms with Crippen molar-refractivity contribution >= 4 is 17.4 Å². The molecule has 0 saturated heterocycles. The van der Waals surface area contributed by atoms with Gasteiger partial charge in [-0.05, 0) is 44.5 Å². The SMILES string of the molecule is CCCCCCOC(=O)c1cccc(N(CC)CC)c1C(=O)c1ccc(O)cc1O. The molecule has 0 heterocycles. The maximum atomic E-state index is 13.4. The number of hydrogen-bond donors (Lipinski definition) is 2. The van der Waals surface area contributed by atoms with Crippen LogP contribution in [-0.2, 0) is 4.74 Å². The number of carbonyl (C=O) groups excluding carboxylic acids is 2. The van der Waals surface area contributed by atoms with Gasteiger partial charge < -0.3 is 19.8 Å². The average molecular weight is 414 g/mol. The molecule has 2 N–H and O–H groups in total. The van der Waals surface area contributed by atoms with Crippen molar-refractivity contribution in [3.8, 4) is 11.5 Å². The summed E-state index contributed by atoms with van der Waals surface area (Å²) in [5, 5.41) is 19.8. The molecule has 0 aliphatic carbocycles. The molecule has 6 nitrogen and oxygen atoms in total. The zero-order valence-electron chi connectivity index (χ0n) is 18.0. The van der Waals surface area contributed by atoms with Gasteiger partial charge in [0.15, 0.2) is 5.78 Å². The summed E-state index contributed by atoms with van der Waals surface area (Å²) >= 11 is 0. The van der Waals surface area contributed by atoms with Crippen LogP contribution in [-0.4, -0.2) is 41.7 Å². The highest BCUT2D eigenvalue weighted by atomic mass is 16.5. The van der Waals surface area contributed by atoms with E-state index in [1.807, 2.05) is 18.7 Å². The van der Waals surface area contributed by atoms with Crippen molar-refractivity contribution in [3.05, 3.63) is 53.1 Å². The second-order valence-electron chi connectivity index (χ2n) is 7.10. The average Bonchev–Trinajstić information content (AvgIpc) is 2.73. The van der Waals surface area contributed by atoms with Gasteiger partial charge in [-0.15, -0.1) is 0 Å². The Labute approximate surface area is 178 Å². The highest BCUT2D eigenvalue weighted by Crippen LogP contribution is 2.31. The molecule has 2 rings (SSSR count). The van der Waals surface area contributed by atoms with Crippen LogP contribution in [0.1, 0.15) is 72.7 Å². The second-order valence-corrected chi connectivity index (χ2v) is 7.10. The molecule has 162 valence electrons. The standard InChI is InChI=1S/C24H31NO5/c1-4-7-8-9-15-30-24(29)19-11-10-12-20(25(5-2)6-3)22(19)23(28)18-14-13-17(26)16-21(18)27/h10-14,16,26-27H,4-9,15H2,1-3H3. The van der Waals surface area contributed by atoms with Crippen molar-refractivity contribution in [2.75, 3.05) is 24.6 Å². The van der Waals surface area contributed by atoms with Gasteiger partial charge in [-0.2, -0.15) is 0 Å². The summed E-state index contributed by atoms with van der Waals surface area (Å²) in [5.74, 6) is -1.53. The van der Waals surface area contributed by atoms with E-state index in [4.69, 9.17) is 4.74 Å². The lowest BCUT2D eigenvalue weighted by atomic mass is 9.95. The van der Waals surface area contributed by atoms with Gasteiger partial charge in [0, 0.05) is 24.8 Å². The number of ketones is 1. The lowest BCUT2D eigenvalue weighted by molar-refractivity contribution is 0.0495. The van der Waals surface area contributed by atoms with Gasteiger partial charge in [0.1, 0.15) is 11.5 Å². The first-order chi connectivity index (χ1) is 14.4. The first-order valence-electron chi connectivity index (χ1n) is 10.6. The van der Waals surface area contributed by atoms with Crippen LogP contribution in [0.25, 0.3) is 0 Å². The van der Waals surface area contributed by atoms with Gasteiger partial charge in [0.25, 0.3) is 0 Å². The number of phenols is 2. The molecule has 0 fully saturated rings. The second kappa shape index (κ2) is 11.2. The van der Waals surface area contributed by atoms with E-state index in [1.54, 1.807) is 18.2 Å². The highest BCUT2D eigenvalue weighted by molar-refractivity contribution is 6.18. The van der Waals surface area contributed by atoms with E-state index in [2.05, 4.69) is 6.92 Å². The number of rotatable bonds is 11. The van der Waals surface area contributed by atoms with Crippen molar-refractivity contribution in [2.45, 2.75) is 46.5 Å². The summed E-state index contributed by atoms with van der Waals surface area (Å²) in [6, 6.07) is 8.89. The molecule has 0 spiro atoms. The first-order valence-corrected chi connectivity index (χ1v) is 10.6. The first kappa shape index (κ1) is 23.3. The quantitative estimate of drug-likeness (QED) is 0.309. The Kier molecular flexibility index (Phi) is 8.71. The topological polar surface area (TPSA) is 87.1 Å². The van der Waals surface area contributed by atoms with Gasteiger partial charge in [0.2, 0.25) is 0 Å². The Hall–Kier alpha value is -3.02. The fourth-order valence-corrected chi connectivity index (χ4v) is 3.39. The fourth-order valence-electron chi connectivity index (χ4n) is 3.39. The number of nitrogens with zero attached hydrogens (tertiary/aromatic N) is 1. The summed E-state index contributed by atoms with van der Waals surface area (Å²) in [4.78, 5) is 28.2. The third-order valence-electron chi connectivity index (χ3n) is 5.05. The minimum absolute atomic E-state index is 0.0180. The molecular formula is C24H31NO5. The number of hydrogen-bond acceptors (Lipinski definition) is 6.